The minimum absolute atomic E-state index is 0.108. The van der Waals surface area contributed by atoms with E-state index in [1.54, 1.807) is 12.1 Å². The highest BCUT2D eigenvalue weighted by molar-refractivity contribution is 5.63. The highest BCUT2D eigenvalue weighted by atomic mass is 19.4. The summed E-state index contributed by atoms with van der Waals surface area (Å²) >= 11 is 0. The fraction of sp³-hybridized carbons (Fsp3) is 0.360. The SMILES string of the molecule is CCCc1ccc(Nc2nc(Nc3ccc(C4CCCC4)cc3)ncc2C(F)(F)F)cc1. The van der Waals surface area contributed by atoms with Crippen LogP contribution in [0.2, 0.25) is 0 Å². The number of nitrogens with zero attached hydrogens (tertiary/aromatic N) is 2. The van der Waals surface area contributed by atoms with Crippen LogP contribution in [0.4, 0.5) is 36.3 Å². The monoisotopic (exact) mass is 440 g/mol. The number of rotatable bonds is 7. The van der Waals surface area contributed by atoms with Gasteiger partial charge in [-0.15, -0.1) is 0 Å². The molecule has 0 amide bonds. The number of hydrogen-bond acceptors (Lipinski definition) is 4. The van der Waals surface area contributed by atoms with E-state index in [0.717, 1.165) is 30.3 Å². The molecular weight excluding hydrogens is 413 g/mol. The molecule has 4 rings (SSSR count). The Balaban J connectivity index is 1.54. The fourth-order valence-electron chi connectivity index (χ4n) is 4.15. The van der Waals surface area contributed by atoms with E-state index in [9.17, 15) is 13.2 Å². The van der Waals surface area contributed by atoms with Crippen LogP contribution < -0.4 is 10.6 Å². The minimum atomic E-state index is -4.56. The molecular formula is C25H27F3N4. The normalized spacial score (nSPS) is 14.5. The molecule has 2 aromatic carbocycles. The first kappa shape index (κ1) is 22.1. The highest BCUT2D eigenvalue weighted by Gasteiger charge is 2.35. The predicted molar refractivity (Wildman–Crippen MR) is 122 cm³/mol. The molecule has 1 aliphatic carbocycles. The van der Waals surface area contributed by atoms with Gasteiger partial charge in [-0.1, -0.05) is 50.5 Å². The Hall–Kier alpha value is -3.09. The lowest BCUT2D eigenvalue weighted by atomic mass is 9.98. The maximum Gasteiger partial charge on any atom is 0.421 e. The van der Waals surface area contributed by atoms with Gasteiger partial charge in [0.2, 0.25) is 5.95 Å². The summed E-state index contributed by atoms with van der Waals surface area (Å²) in [5.74, 6) is 0.434. The molecule has 0 spiro atoms. The molecule has 1 heterocycles. The maximum absolute atomic E-state index is 13.5. The summed E-state index contributed by atoms with van der Waals surface area (Å²) in [6, 6.07) is 15.3. The molecule has 7 heteroatoms. The topological polar surface area (TPSA) is 49.8 Å². The molecule has 4 nitrogen and oxygen atoms in total. The molecule has 3 aromatic rings. The first-order valence-corrected chi connectivity index (χ1v) is 11.1. The molecule has 1 aromatic heterocycles. The number of halogens is 3. The van der Waals surface area contributed by atoms with Crippen molar-refractivity contribution in [2.24, 2.45) is 0 Å². The van der Waals surface area contributed by atoms with Crippen LogP contribution >= 0.6 is 0 Å². The molecule has 32 heavy (non-hydrogen) atoms. The second-order valence-corrected chi connectivity index (χ2v) is 8.25. The Labute approximate surface area is 186 Å². The number of nitrogens with one attached hydrogen (secondary N) is 2. The van der Waals surface area contributed by atoms with Crippen molar-refractivity contribution in [2.75, 3.05) is 10.6 Å². The molecule has 0 saturated heterocycles. The molecule has 168 valence electrons. The molecule has 1 aliphatic rings. The largest absolute Gasteiger partial charge is 0.421 e. The number of hydrogen-bond donors (Lipinski definition) is 2. The average molecular weight is 441 g/mol. The van der Waals surface area contributed by atoms with Crippen LogP contribution in [-0.2, 0) is 12.6 Å². The smallest absolute Gasteiger partial charge is 0.340 e. The van der Waals surface area contributed by atoms with Crippen LogP contribution in [0.3, 0.4) is 0 Å². The molecule has 0 unspecified atom stereocenters. The molecule has 0 bridgehead atoms. The summed E-state index contributed by atoms with van der Waals surface area (Å²) in [5, 5.41) is 5.83. The van der Waals surface area contributed by atoms with Gasteiger partial charge in [0.1, 0.15) is 11.4 Å². The van der Waals surface area contributed by atoms with Crippen LogP contribution in [-0.4, -0.2) is 9.97 Å². The molecule has 1 fully saturated rings. The Morgan fingerprint density at radius 1 is 0.906 bits per heavy atom. The lowest BCUT2D eigenvalue weighted by Crippen LogP contribution is -2.12. The van der Waals surface area contributed by atoms with E-state index in [2.05, 4.69) is 39.7 Å². The van der Waals surface area contributed by atoms with E-state index in [1.165, 1.54) is 31.2 Å². The summed E-state index contributed by atoms with van der Waals surface area (Å²) in [6.45, 7) is 2.08. The summed E-state index contributed by atoms with van der Waals surface area (Å²) in [5.41, 5.74) is 2.81. The lowest BCUT2D eigenvalue weighted by Gasteiger charge is -2.15. The third kappa shape index (κ3) is 5.39. The van der Waals surface area contributed by atoms with E-state index in [1.807, 2.05) is 24.3 Å². The van der Waals surface area contributed by atoms with Crippen molar-refractivity contribution in [3.05, 3.63) is 71.4 Å². The molecule has 0 aliphatic heterocycles. The van der Waals surface area contributed by atoms with Gasteiger partial charge in [0.15, 0.2) is 0 Å². The summed E-state index contributed by atoms with van der Waals surface area (Å²) in [7, 11) is 0. The summed E-state index contributed by atoms with van der Waals surface area (Å²) < 4.78 is 40.6. The van der Waals surface area contributed by atoms with E-state index >= 15 is 0 Å². The number of benzene rings is 2. The van der Waals surface area contributed by atoms with Crippen molar-refractivity contribution < 1.29 is 13.2 Å². The Morgan fingerprint density at radius 3 is 2.16 bits per heavy atom. The van der Waals surface area contributed by atoms with Gasteiger partial charge in [0.05, 0.1) is 0 Å². The van der Waals surface area contributed by atoms with Crippen molar-refractivity contribution in [3.8, 4) is 0 Å². The van der Waals surface area contributed by atoms with Gasteiger partial charge in [-0.05, 0) is 60.6 Å². The molecule has 1 saturated carbocycles. The van der Waals surface area contributed by atoms with Gasteiger partial charge in [-0.25, -0.2) is 4.98 Å². The van der Waals surface area contributed by atoms with E-state index < -0.39 is 11.7 Å². The van der Waals surface area contributed by atoms with Crippen LogP contribution in [0, 0.1) is 0 Å². The fourth-order valence-corrected chi connectivity index (χ4v) is 4.15. The highest BCUT2D eigenvalue weighted by Crippen LogP contribution is 2.36. The number of aromatic nitrogens is 2. The van der Waals surface area contributed by atoms with Gasteiger partial charge in [-0.2, -0.15) is 18.2 Å². The number of anilines is 4. The van der Waals surface area contributed by atoms with Crippen molar-refractivity contribution in [1.82, 2.24) is 9.97 Å². The van der Waals surface area contributed by atoms with Gasteiger partial charge >= 0.3 is 6.18 Å². The van der Waals surface area contributed by atoms with Crippen molar-refractivity contribution in [1.29, 1.82) is 0 Å². The summed E-state index contributed by atoms with van der Waals surface area (Å²) in [6.07, 6.45) is 3.14. The third-order valence-corrected chi connectivity index (χ3v) is 5.84. The van der Waals surface area contributed by atoms with Crippen molar-refractivity contribution >= 4 is 23.1 Å². The van der Waals surface area contributed by atoms with Crippen LogP contribution in [0.15, 0.2) is 54.7 Å². The van der Waals surface area contributed by atoms with Gasteiger partial charge < -0.3 is 10.6 Å². The van der Waals surface area contributed by atoms with E-state index in [4.69, 9.17) is 0 Å². The quantitative estimate of drug-likeness (QED) is 0.397. The second kappa shape index (κ2) is 9.59. The maximum atomic E-state index is 13.5. The predicted octanol–water partition coefficient (Wildman–Crippen LogP) is 7.59. The van der Waals surface area contributed by atoms with Gasteiger partial charge in [0.25, 0.3) is 0 Å². The molecule has 2 N–H and O–H groups in total. The summed E-state index contributed by atoms with van der Waals surface area (Å²) in [4.78, 5) is 8.03. The van der Waals surface area contributed by atoms with E-state index in [0.29, 0.717) is 11.6 Å². The van der Waals surface area contributed by atoms with Crippen LogP contribution in [0.5, 0.6) is 0 Å². The molecule has 0 radical (unpaired) electrons. The standard InChI is InChI=1S/C25H27F3N4/c1-2-5-17-8-12-20(13-9-17)30-23-22(25(26,27)28)16-29-24(32-23)31-21-14-10-19(11-15-21)18-6-3-4-7-18/h8-16,18H,2-7H2,1H3,(H2,29,30,31,32). The zero-order valence-corrected chi connectivity index (χ0v) is 18.0. The first-order valence-electron chi connectivity index (χ1n) is 11.1. The van der Waals surface area contributed by atoms with Crippen LogP contribution in [0.1, 0.15) is 61.6 Å². The van der Waals surface area contributed by atoms with Crippen LogP contribution in [0.25, 0.3) is 0 Å². The number of aryl methyl sites for hydroxylation is 1. The first-order chi connectivity index (χ1) is 15.4. The zero-order chi connectivity index (χ0) is 22.6. The third-order valence-electron chi connectivity index (χ3n) is 5.84. The second-order valence-electron chi connectivity index (χ2n) is 8.25. The zero-order valence-electron chi connectivity index (χ0n) is 18.0. The molecule has 0 atom stereocenters. The minimum Gasteiger partial charge on any atom is -0.340 e. The van der Waals surface area contributed by atoms with Crippen molar-refractivity contribution in [3.63, 3.8) is 0 Å². The lowest BCUT2D eigenvalue weighted by molar-refractivity contribution is -0.137. The van der Waals surface area contributed by atoms with Crippen molar-refractivity contribution in [2.45, 2.75) is 57.5 Å². The Kier molecular flexibility index (Phi) is 6.63. The van der Waals surface area contributed by atoms with E-state index in [-0.39, 0.29) is 11.8 Å². The Morgan fingerprint density at radius 2 is 1.53 bits per heavy atom. The Bertz CT molecular complexity index is 1020. The number of alkyl halides is 3. The average Bonchev–Trinajstić information content (AvgIpc) is 3.30. The van der Waals surface area contributed by atoms with Gasteiger partial charge in [0, 0.05) is 17.6 Å². The van der Waals surface area contributed by atoms with Gasteiger partial charge in [-0.3, -0.25) is 0 Å².